The minimum absolute atomic E-state index is 0.0108. The van der Waals surface area contributed by atoms with Crippen LogP contribution in [0.5, 0.6) is 0 Å². The molecule has 0 spiro atoms. The number of nitrogens with one attached hydrogen (secondary N) is 2. The lowest BCUT2D eigenvalue weighted by atomic mass is 10.1. The monoisotopic (exact) mass is 501 g/mol. The van der Waals surface area contributed by atoms with Gasteiger partial charge in [0.25, 0.3) is 11.8 Å². The zero-order chi connectivity index (χ0) is 26.2. The lowest BCUT2D eigenvalue weighted by Gasteiger charge is -2.26. The average Bonchev–Trinajstić information content (AvgIpc) is 3.00. The Morgan fingerprint density at radius 2 is 1.17 bits per heavy atom. The number of hydrogen-bond acceptors (Lipinski definition) is 4. The number of halogens is 6. The molecular weight excluding hydrogens is 480 g/mol. The first kappa shape index (κ1) is 25.9. The molecule has 0 saturated carbocycles. The zero-order valence-electron chi connectivity index (χ0n) is 18.8. The van der Waals surface area contributed by atoms with Gasteiger partial charge in [0.2, 0.25) is 5.88 Å². The number of carbonyl (C=O) groups is 2. The first-order valence-corrected chi connectivity index (χ1v) is 10.2. The van der Waals surface area contributed by atoms with Crippen molar-refractivity contribution >= 4 is 23.2 Å². The Labute approximate surface area is 196 Å². The molecule has 1 fully saturated rings. The molecule has 1 aliphatic rings. The molecule has 6 nitrogen and oxygen atoms in total. The standard InChI is InChI=1S/C23H21F6N3O3/c1-21(2)12-35-20(32(21)3)17(18(33)30-15-8-4-13(5-9-15)22(24,25)26)19(34)31-16-10-6-14(7-11-16)23(27,28)29/h4-11H,12H2,1-3H3,(H,30,33)(H,31,34). The van der Waals surface area contributed by atoms with Gasteiger partial charge in [-0.2, -0.15) is 26.3 Å². The van der Waals surface area contributed by atoms with Crippen LogP contribution in [0.1, 0.15) is 25.0 Å². The lowest BCUT2D eigenvalue weighted by Crippen LogP contribution is -2.38. The summed E-state index contributed by atoms with van der Waals surface area (Å²) in [6, 6.07) is 7.19. The van der Waals surface area contributed by atoms with Crippen LogP contribution in [0.15, 0.2) is 60.0 Å². The number of anilines is 2. The van der Waals surface area contributed by atoms with Gasteiger partial charge in [-0.15, -0.1) is 0 Å². The summed E-state index contributed by atoms with van der Waals surface area (Å²) in [6.45, 7) is 3.71. The number of likely N-dealkylation sites (N-methyl/N-ethyl adjacent to an activating group) is 1. The maximum atomic E-state index is 13.0. The summed E-state index contributed by atoms with van der Waals surface area (Å²) >= 11 is 0. The van der Waals surface area contributed by atoms with Crippen molar-refractivity contribution in [3.63, 3.8) is 0 Å². The molecule has 12 heteroatoms. The maximum Gasteiger partial charge on any atom is 0.416 e. The van der Waals surface area contributed by atoms with E-state index in [1.807, 2.05) is 0 Å². The van der Waals surface area contributed by atoms with Gasteiger partial charge in [0, 0.05) is 18.4 Å². The Morgan fingerprint density at radius 1 is 0.800 bits per heavy atom. The number of rotatable bonds is 4. The Balaban J connectivity index is 1.90. The highest BCUT2D eigenvalue weighted by Crippen LogP contribution is 2.33. The van der Waals surface area contributed by atoms with E-state index in [1.165, 1.54) is 0 Å². The van der Waals surface area contributed by atoms with Gasteiger partial charge >= 0.3 is 12.4 Å². The average molecular weight is 501 g/mol. The summed E-state index contributed by atoms with van der Waals surface area (Å²) in [6.07, 6.45) is -9.13. The predicted octanol–water partition coefficient (Wildman–Crippen LogP) is 5.25. The van der Waals surface area contributed by atoms with Crippen LogP contribution in [0.4, 0.5) is 37.7 Å². The molecule has 3 rings (SSSR count). The van der Waals surface area contributed by atoms with Crippen molar-refractivity contribution in [3.8, 4) is 0 Å². The fourth-order valence-corrected chi connectivity index (χ4v) is 3.12. The predicted molar refractivity (Wildman–Crippen MR) is 115 cm³/mol. The van der Waals surface area contributed by atoms with Gasteiger partial charge in [-0.1, -0.05) is 0 Å². The van der Waals surface area contributed by atoms with Gasteiger partial charge in [-0.3, -0.25) is 9.59 Å². The zero-order valence-corrected chi connectivity index (χ0v) is 18.8. The number of ether oxygens (including phenoxy) is 1. The van der Waals surface area contributed by atoms with Gasteiger partial charge in [0.15, 0.2) is 5.57 Å². The van der Waals surface area contributed by atoms with E-state index < -0.39 is 46.4 Å². The first-order chi connectivity index (χ1) is 16.1. The van der Waals surface area contributed by atoms with Crippen LogP contribution in [-0.2, 0) is 26.7 Å². The van der Waals surface area contributed by atoms with Crippen LogP contribution in [0.25, 0.3) is 0 Å². The van der Waals surface area contributed by atoms with Gasteiger partial charge in [0.05, 0.1) is 16.7 Å². The van der Waals surface area contributed by atoms with Crippen LogP contribution in [0, 0.1) is 0 Å². The molecule has 1 heterocycles. The minimum atomic E-state index is -4.57. The van der Waals surface area contributed by atoms with Crippen molar-refractivity contribution in [2.45, 2.75) is 31.7 Å². The third kappa shape index (κ3) is 5.87. The Hall–Kier alpha value is -3.70. The van der Waals surface area contributed by atoms with Gasteiger partial charge in [-0.05, 0) is 62.4 Å². The van der Waals surface area contributed by atoms with Crippen molar-refractivity contribution in [1.82, 2.24) is 4.90 Å². The topological polar surface area (TPSA) is 70.7 Å². The van der Waals surface area contributed by atoms with Gasteiger partial charge in [-0.25, -0.2) is 0 Å². The number of hydrogen-bond donors (Lipinski definition) is 2. The molecule has 1 aliphatic heterocycles. The first-order valence-electron chi connectivity index (χ1n) is 10.2. The molecule has 0 aliphatic carbocycles. The number of amides is 2. The van der Waals surface area contributed by atoms with Crippen molar-refractivity contribution in [3.05, 3.63) is 71.1 Å². The SMILES string of the molecule is CN1C(=C(C(=O)Nc2ccc(C(F)(F)F)cc2)C(=O)Nc2ccc(C(F)(F)F)cc2)OCC1(C)C. The molecule has 0 bridgehead atoms. The van der Waals surface area contributed by atoms with E-state index in [4.69, 9.17) is 4.74 Å². The maximum absolute atomic E-state index is 13.0. The Morgan fingerprint density at radius 3 is 1.46 bits per heavy atom. The third-order valence-electron chi connectivity index (χ3n) is 5.38. The summed E-state index contributed by atoms with van der Waals surface area (Å²) in [5.74, 6) is -2.05. The van der Waals surface area contributed by atoms with Crippen molar-refractivity contribution in [2.24, 2.45) is 0 Å². The summed E-state index contributed by atoms with van der Waals surface area (Å²) in [4.78, 5) is 27.6. The highest BCUT2D eigenvalue weighted by molar-refractivity contribution is 6.26. The summed E-state index contributed by atoms with van der Waals surface area (Å²) < 4.78 is 82.4. The molecule has 0 atom stereocenters. The molecule has 0 unspecified atom stereocenters. The van der Waals surface area contributed by atoms with Crippen LogP contribution >= 0.6 is 0 Å². The Bertz CT molecular complexity index is 1060. The van der Waals surface area contributed by atoms with E-state index in [0.717, 1.165) is 48.5 Å². The van der Waals surface area contributed by atoms with Crippen molar-refractivity contribution in [1.29, 1.82) is 0 Å². The van der Waals surface area contributed by atoms with Crippen molar-refractivity contribution < 1.29 is 40.7 Å². The molecule has 35 heavy (non-hydrogen) atoms. The second-order valence-electron chi connectivity index (χ2n) is 8.40. The highest BCUT2D eigenvalue weighted by Gasteiger charge is 2.40. The van der Waals surface area contributed by atoms with Gasteiger partial charge < -0.3 is 20.3 Å². The fourth-order valence-electron chi connectivity index (χ4n) is 3.12. The Kier molecular flexibility index (Phi) is 6.78. The van der Waals surface area contributed by atoms with Crippen LogP contribution in [-0.4, -0.2) is 35.9 Å². The van der Waals surface area contributed by atoms with Crippen LogP contribution in [0.2, 0.25) is 0 Å². The fraction of sp³-hybridized carbons (Fsp3) is 0.304. The number of alkyl halides is 6. The third-order valence-corrected chi connectivity index (χ3v) is 5.38. The van der Waals surface area contributed by atoms with Crippen LogP contribution in [0.3, 0.4) is 0 Å². The van der Waals surface area contributed by atoms with E-state index in [1.54, 1.807) is 25.8 Å². The number of benzene rings is 2. The second kappa shape index (κ2) is 9.16. The van der Waals surface area contributed by atoms with E-state index in [0.29, 0.717) is 0 Å². The normalized spacial score (nSPS) is 15.5. The molecule has 2 amide bonds. The van der Waals surface area contributed by atoms with E-state index in [-0.39, 0.29) is 23.9 Å². The highest BCUT2D eigenvalue weighted by atomic mass is 19.4. The van der Waals surface area contributed by atoms with E-state index >= 15 is 0 Å². The molecule has 188 valence electrons. The second-order valence-corrected chi connectivity index (χ2v) is 8.40. The number of nitrogens with zero attached hydrogens (tertiary/aromatic N) is 1. The molecule has 0 radical (unpaired) electrons. The van der Waals surface area contributed by atoms with Gasteiger partial charge in [0.1, 0.15) is 6.61 Å². The van der Waals surface area contributed by atoms with E-state index in [2.05, 4.69) is 10.6 Å². The van der Waals surface area contributed by atoms with Crippen LogP contribution < -0.4 is 10.6 Å². The lowest BCUT2D eigenvalue weighted by molar-refractivity contribution is -0.138. The molecule has 2 aromatic carbocycles. The molecule has 2 aromatic rings. The molecule has 0 aromatic heterocycles. The largest absolute Gasteiger partial charge is 0.476 e. The quantitative estimate of drug-likeness (QED) is 0.260. The molecular formula is C23H21F6N3O3. The minimum Gasteiger partial charge on any atom is -0.476 e. The number of carbonyl (C=O) groups excluding carboxylic acids is 2. The summed E-state index contributed by atoms with van der Waals surface area (Å²) in [5.41, 5.74) is -2.96. The summed E-state index contributed by atoms with van der Waals surface area (Å²) in [7, 11) is 1.58. The summed E-state index contributed by atoms with van der Waals surface area (Å²) in [5, 5.41) is 4.72. The molecule has 1 saturated heterocycles. The smallest absolute Gasteiger partial charge is 0.416 e. The van der Waals surface area contributed by atoms with Crippen molar-refractivity contribution in [2.75, 3.05) is 24.3 Å². The van der Waals surface area contributed by atoms with E-state index in [9.17, 15) is 35.9 Å². The molecule has 2 N–H and O–H groups in total.